The lowest BCUT2D eigenvalue weighted by Crippen LogP contribution is -2.34. The van der Waals surface area contributed by atoms with E-state index in [1.165, 1.54) is 6.92 Å². The van der Waals surface area contributed by atoms with E-state index in [0.717, 1.165) is 24.2 Å². The zero-order valence-electron chi connectivity index (χ0n) is 16.5. The van der Waals surface area contributed by atoms with Crippen LogP contribution in [0.2, 0.25) is 0 Å². The molecular weight excluding hydrogens is 356 g/mol. The normalized spacial score (nSPS) is 16.0. The Labute approximate surface area is 165 Å². The number of ether oxygens (including phenoxy) is 2. The molecule has 0 aliphatic carbocycles. The molecule has 0 bridgehead atoms. The van der Waals surface area contributed by atoms with Crippen LogP contribution in [0.3, 0.4) is 0 Å². The van der Waals surface area contributed by atoms with Crippen molar-refractivity contribution >= 4 is 17.5 Å². The highest BCUT2D eigenvalue weighted by molar-refractivity contribution is 5.98. The van der Waals surface area contributed by atoms with Crippen molar-refractivity contribution in [3.05, 3.63) is 53.6 Å². The van der Waals surface area contributed by atoms with Crippen LogP contribution in [0.4, 0.5) is 10.5 Å². The van der Waals surface area contributed by atoms with Crippen LogP contribution in [0.25, 0.3) is 0 Å². The van der Waals surface area contributed by atoms with Crippen LogP contribution in [0, 0.1) is 0 Å². The number of ketones is 1. The van der Waals surface area contributed by atoms with Crippen LogP contribution in [-0.2, 0) is 0 Å². The van der Waals surface area contributed by atoms with E-state index in [1.807, 2.05) is 36.1 Å². The number of rotatable bonds is 6. The Kier molecular flexibility index (Phi) is 6.19. The molecule has 1 saturated heterocycles. The Morgan fingerprint density at radius 3 is 2.75 bits per heavy atom. The Balaban J connectivity index is 1.83. The summed E-state index contributed by atoms with van der Waals surface area (Å²) in [5, 5.41) is 2.94. The van der Waals surface area contributed by atoms with Crippen LogP contribution < -0.4 is 14.8 Å². The number of benzene rings is 2. The molecule has 1 atom stereocenters. The Bertz CT molecular complexity index is 865. The third-order valence-electron chi connectivity index (χ3n) is 4.92. The van der Waals surface area contributed by atoms with Crippen molar-refractivity contribution in [1.29, 1.82) is 0 Å². The summed E-state index contributed by atoms with van der Waals surface area (Å²) in [5.41, 5.74) is 2.09. The summed E-state index contributed by atoms with van der Waals surface area (Å²) in [6.45, 7) is 4.52. The molecule has 3 rings (SSSR count). The minimum atomic E-state index is -0.202. The SMILES string of the molecule is CCOc1ccc(C(C)=O)cc1NC(=O)N1CCC[C@H]1c1cccc(OC)c1. The molecule has 1 N–H and O–H groups in total. The molecule has 1 aliphatic rings. The number of urea groups is 1. The molecule has 0 spiro atoms. The molecule has 0 saturated carbocycles. The van der Waals surface area contributed by atoms with Gasteiger partial charge in [-0.3, -0.25) is 4.79 Å². The van der Waals surface area contributed by atoms with Crippen LogP contribution in [0.15, 0.2) is 42.5 Å². The van der Waals surface area contributed by atoms with Gasteiger partial charge >= 0.3 is 6.03 Å². The lowest BCUT2D eigenvalue weighted by atomic mass is 10.0. The molecule has 2 aromatic rings. The van der Waals surface area contributed by atoms with E-state index in [2.05, 4.69) is 5.32 Å². The summed E-state index contributed by atoms with van der Waals surface area (Å²) in [4.78, 5) is 26.6. The zero-order valence-corrected chi connectivity index (χ0v) is 16.5. The summed E-state index contributed by atoms with van der Waals surface area (Å²) in [6, 6.07) is 12.7. The van der Waals surface area contributed by atoms with E-state index >= 15 is 0 Å². The van der Waals surface area contributed by atoms with Crippen LogP contribution in [-0.4, -0.2) is 37.0 Å². The van der Waals surface area contributed by atoms with Crippen molar-refractivity contribution in [1.82, 2.24) is 4.90 Å². The van der Waals surface area contributed by atoms with E-state index < -0.39 is 0 Å². The molecule has 0 radical (unpaired) electrons. The fourth-order valence-electron chi connectivity index (χ4n) is 3.52. The monoisotopic (exact) mass is 382 g/mol. The molecule has 1 fully saturated rings. The fraction of sp³-hybridized carbons (Fsp3) is 0.364. The highest BCUT2D eigenvalue weighted by Gasteiger charge is 2.30. The average Bonchev–Trinajstić information content (AvgIpc) is 3.19. The van der Waals surface area contributed by atoms with Gasteiger partial charge in [0.25, 0.3) is 0 Å². The first-order valence-corrected chi connectivity index (χ1v) is 9.52. The first kappa shape index (κ1) is 19.7. The van der Waals surface area contributed by atoms with Gasteiger partial charge in [-0.1, -0.05) is 12.1 Å². The molecule has 148 valence electrons. The number of methoxy groups -OCH3 is 1. The van der Waals surface area contributed by atoms with Gasteiger partial charge in [-0.25, -0.2) is 4.79 Å². The van der Waals surface area contributed by atoms with Crippen molar-refractivity contribution in [2.75, 3.05) is 25.6 Å². The maximum Gasteiger partial charge on any atom is 0.322 e. The number of likely N-dealkylation sites (tertiary alicyclic amines) is 1. The van der Waals surface area contributed by atoms with Crippen molar-refractivity contribution < 1.29 is 19.1 Å². The second-order valence-corrected chi connectivity index (χ2v) is 6.76. The van der Waals surface area contributed by atoms with Crippen LogP contribution in [0.1, 0.15) is 48.7 Å². The van der Waals surface area contributed by atoms with Gasteiger partial charge in [-0.15, -0.1) is 0 Å². The summed E-state index contributed by atoms with van der Waals surface area (Å²) in [5.74, 6) is 1.27. The number of Topliss-reactive ketones (excluding diaryl/α,β-unsaturated/α-hetero) is 1. The molecule has 1 aliphatic heterocycles. The van der Waals surface area contributed by atoms with E-state index in [1.54, 1.807) is 25.3 Å². The zero-order chi connectivity index (χ0) is 20.1. The quantitative estimate of drug-likeness (QED) is 0.738. The topological polar surface area (TPSA) is 67.9 Å². The van der Waals surface area contributed by atoms with Gasteiger partial charge < -0.3 is 19.7 Å². The predicted molar refractivity (Wildman–Crippen MR) is 108 cm³/mol. The second-order valence-electron chi connectivity index (χ2n) is 6.76. The first-order valence-electron chi connectivity index (χ1n) is 9.52. The molecular formula is C22H26N2O4. The van der Waals surface area contributed by atoms with Crippen molar-refractivity contribution in [2.45, 2.75) is 32.7 Å². The second kappa shape index (κ2) is 8.78. The third kappa shape index (κ3) is 4.27. The minimum Gasteiger partial charge on any atom is -0.497 e. The molecule has 2 amide bonds. The van der Waals surface area contributed by atoms with Gasteiger partial charge in [0.1, 0.15) is 11.5 Å². The van der Waals surface area contributed by atoms with Gasteiger partial charge in [-0.2, -0.15) is 0 Å². The molecule has 6 heteroatoms. The highest BCUT2D eigenvalue weighted by atomic mass is 16.5. The van der Waals surface area contributed by atoms with E-state index in [-0.39, 0.29) is 17.9 Å². The fourth-order valence-corrected chi connectivity index (χ4v) is 3.52. The number of nitrogens with one attached hydrogen (secondary N) is 1. The van der Waals surface area contributed by atoms with E-state index in [0.29, 0.717) is 30.2 Å². The number of anilines is 1. The smallest absolute Gasteiger partial charge is 0.322 e. The Morgan fingerprint density at radius 1 is 1.21 bits per heavy atom. The maximum atomic E-state index is 13.0. The summed E-state index contributed by atoms with van der Waals surface area (Å²) >= 11 is 0. The van der Waals surface area contributed by atoms with E-state index in [9.17, 15) is 9.59 Å². The molecule has 1 heterocycles. The summed E-state index contributed by atoms with van der Waals surface area (Å²) < 4.78 is 10.9. The maximum absolute atomic E-state index is 13.0. The molecule has 28 heavy (non-hydrogen) atoms. The largest absolute Gasteiger partial charge is 0.497 e. The van der Waals surface area contributed by atoms with Gasteiger partial charge in [0.05, 0.1) is 25.4 Å². The molecule has 0 aromatic heterocycles. The molecule has 6 nitrogen and oxygen atoms in total. The van der Waals surface area contributed by atoms with Gasteiger partial charge in [-0.05, 0) is 62.6 Å². The highest BCUT2D eigenvalue weighted by Crippen LogP contribution is 2.35. The predicted octanol–water partition coefficient (Wildman–Crippen LogP) is 4.67. The summed E-state index contributed by atoms with van der Waals surface area (Å²) in [7, 11) is 1.63. The number of carbonyl (C=O) groups is 2. The number of hydrogen-bond donors (Lipinski definition) is 1. The number of hydrogen-bond acceptors (Lipinski definition) is 4. The van der Waals surface area contributed by atoms with Crippen LogP contribution in [0.5, 0.6) is 11.5 Å². The lowest BCUT2D eigenvalue weighted by molar-refractivity contribution is 0.101. The minimum absolute atomic E-state index is 0.0124. The van der Waals surface area contributed by atoms with Gasteiger partial charge in [0.15, 0.2) is 5.78 Å². The number of nitrogens with zero attached hydrogens (tertiary/aromatic N) is 1. The van der Waals surface area contributed by atoms with Gasteiger partial charge in [0, 0.05) is 12.1 Å². The van der Waals surface area contributed by atoms with Crippen molar-refractivity contribution in [3.8, 4) is 11.5 Å². The summed E-state index contributed by atoms with van der Waals surface area (Å²) in [6.07, 6.45) is 1.83. The third-order valence-corrected chi connectivity index (χ3v) is 4.92. The van der Waals surface area contributed by atoms with Gasteiger partial charge in [0.2, 0.25) is 0 Å². The Hall–Kier alpha value is -3.02. The molecule has 0 unspecified atom stereocenters. The molecule has 2 aromatic carbocycles. The average molecular weight is 382 g/mol. The number of amides is 2. The Morgan fingerprint density at radius 2 is 2.04 bits per heavy atom. The first-order chi connectivity index (χ1) is 13.5. The van der Waals surface area contributed by atoms with Crippen LogP contribution >= 0.6 is 0 Å². The lowest BCUT2D eigenvalue weighted by Gasteiger charge is -2.26. The van der Waals surface area contributed by atoms with Crippen molar-refractivity contribution in [2.24, 2.45) is 0 Å². The van der Waals surface area contributed by atoms with E-state index in [4.69, 9.17) is 9.47 Å². The number of carbonyl (C=O) groups excluding carboxylic acids is 2. The van der Waals surface area contributed by atoms with Crippen molar-refractivity contribution in [3.63, 3.8) is 0 Å². The standard InChI is InChI=1S/C22H26N2O4/c1-4-28-21-11-10-16(15(2)25)14-19(21)23-22(26)24-12-6-9-20(24)17-7-5-8-18(13-17)27-3/h5,7-8,10-11,13-14,20H,4,6,9,12H2,1-3H3,(H,23,26)/t20-/m0/s1.